The number of piperidine rings is 1. The number of allylic oxidation sites excluding steroid dienone is 1. The second kappa shape index (κ2) is 6.41. The molecule has 130 valence electrons. The molecule has 3 rings (SSSR count). The van der Waals surface area contributed by atoms with E-state index in [4.69, 9.17) is 14.2 Å². The number of nitro benzene ring substituents is 1. The average Bonchev–Trinajstić information content (AvgIpc) is 3.02. The number of nitrogens with zero attached hydrogens (tertiary/aromatic N) is 2. The van der Waals surface area contributed by atoms with Crippen LogP contribution in [0.5, 0.6) is 5.75 Å². The topological polar surface area (TPSA) is 74.1 Å². The number of hydrogen-bond acceptors (Lipinski definition) is 6. The van der Waals surface area contributed by atoms with E-state index in [1.54, 1.807) is 12.1 Å². The summed E-state index contributed by atoms with van der Waals surface area (Å²) in [7, 11) is 1.44. The molecule has 7 heteroatoms. The maximum atomic E-state index is 11.3. The second-order valence-electron chi connectivity index (χ2n) is 6.17. The fraction of sp³-hybridized carbons (Fsp3) is 0.529. The summed E-state index contributed by atoms with van der Waals surface area (Å²) in [5, 5.41) is 11.3. The van der Waals surface area contributed by atoms with Gasteiger partial charge in [0, 0.05) is 49.3 Å². The van der Waals surface area contributed by atoms with E-state index >= 15 is 0 Å². The summed E-state index contributed by atoms with van der Waals surface area (Å²) in [5.74, 6) is -0.196. The van der Waals surface area contributed by atoms with Crippen molar-refractivity contribution in [3.63, 3.8) is 0 Å². The van der Waals surface area contributed by atoms with Gasteiger partial charge in [0.05, 0.1) is 25.2 Å². The van der Waals surface area contributed by atoms with Crippen molar-refractivity contribution in [1.29, 1.82) is 0 Å². The fourth-order valence-electron chi connectivity index (χ4n) is 3.34. The van der Waals surface area contributed by atoms with Crippen LogP contribution in [-0.2, 0) is 9.47 Å². The first-order valence-corrected chi connectivity index (χ1v) is 8.01. The number of benzene rings is 1. The molecule has 0 bridgehead atoms. The smallest absolute Gasteiger partial charge is 0.311 e. The van der Waals surface area contributed by atoms with Crippen molar-refractivity contribution in [2.45, 2.75) is 25.6 Å². The second-order valence-corrected chi connectivity index (χ2v) is 6.17. The van der Waals surface area contributed by atoms with Crippen LogP contribution in [0.4, 0.5) is 11.4 Å². The Kier molecular flexibility index (Phi) is 4.47. The van der Waals surface area contributed by atoms with Crippen molar-refractivity contribution in [1.82, 2.24) is 0 Å². The van der Waals surface area contributed by atoms with Crippen LogP contribution in [0.2, 0.25) is 0 Å². The van der Waals surface area contributed by atoms with Gasteiger partial charge in [0.1, 0.15) is 0 Å². The molecule has 2 fully saturated rings. The van der Waals surface area contributed by atoms with Crippen LogP contribution in [-0.4, -0.2) is 44.1 Å². The van der Waals surface area contributed by atoms with Crippen LogP contribution in [0.15, 0.2) is 18.7 Å². The minimum atomic E-state index is -0.454. The van der Waals surface area contributed by atoms with Gasteiger partial charge in [-0.15, -0.1) is 0 Å². The third-order valence-electron chi connectivity index (χ3n) is 4.63. The highest BCUT2D eigenvalue weighted by molar-refractivity contribution is 5.79. The van der Waals surface area contributed by atoms with Crippen LogP contribution in [0.25, 0.3) is 5.57 Å². The molecule has 0 N–H and O–H groups in total. The molecule has 2 heterocycles. The Hall–Kier alpha value is -2.12. The first kappa shape index (κ1) is 16.7. The third-order valence-corrected chi connectivity index (χ3v) is 4.63. The van der Waals surface area contributed by atoms with Gasteiger partial charge in [0.25, 0.3) is 0 Å². The van der Waals surface area contributed by atoms with E-state index < -0.39 is 10.7 Å². The summed E-state index contributed by atoms with van der Waals surface area (Å²) in [5.41, 5.74) is 2.41. The highest BCUT2D eigenvalue weighted by Gasteiger charge is 2.40. The number of anilines is 1. The molecule has 7 nitrogen and oxygen atoms in total. The number of ether oxygens (including phenoxy) is 3. The Balaban J connectivity index is 1.92. The molecule has 1 aromatic rings. The van der Waals surface area contributed by atoms with Gasteiger partial charge in [-0.25, -0.2) is 0 Å². The van der Waals surface area contributed by atoms with Crippen molar-refractivity contribution >= 4 is 16.9 Å². The van der Waals surface area contributed by atoms with Gasteiger partial charge in [-0.1, -0.05) is 6.58 Å². The molecular weight excluding hydrogens is 312 g/mol. The van der Waals surface area contributed by atoms with E-state index in [9.17, 15) is 10.1 Å². The average molecular weight is 334 g/mol. The summed E-state index contributed by atoms with van der Waals surface area (Å²) in [4.78, 5) is 13.0. The fourth-order valence-corrected chi connectivity index (χ4v) is 3.34. The predicted octanol–water partition coefficient (Wildman–Crippen LogP) is 2.98. The molecule has 0 unspecified atom stereocenters. The van der Waals surface area contributed by atoms with Gasteiger partial charge >= 0.3 is 5.69 Å². The lowest BCUT2D eigenvalue weighted by atomic mass is 9.99. The maximum Gasteiger partial charge on any atom is 0.311 e. The van der Waals surface area contributed by atoms with Crippen LogP contribution in [0.1, 0.15) is 25.3 Å². The van der Waals surface area contributed by atoms with Gasteiger partial charge < -0.3 is 19.1 Å². The summed E-state index contributed by atoms with van der Waals surface area (Å²) < 4.78 is 16.7. The third kappa shape index (κ3) is 2.97. The van der Waals surface area contributed by atoms with Crippen LogP contribution < -0.4 is 9.64 Å². The molecule has 0 aliphatic carbocycles. The minimum absolute atomic E-state index is 0.0461. The molecule has 1 spiro atoms. The van der Waals surface area contributed by atoms with Gasteiger partial charge in [0.15, 0.2) is 11.5 Å². The first-order valence-electron chi connectivity index (χ1n) is 8.01. The van der Waals surface area contributed by atoms with E-state index in [0.29, 0.717) is 13.2 Å². The van der Waals surface area contributed by atoms with E-state index in [1.165, 1.54) is 7.11 Å². The Labute approximate surface area is 140 Å². The Morgan fingerprint density at radius 2 is 1.96 bits per heavy atom. The summed E-state index contributed by atoms with van der Waals surface area (Å²) in [6, 6.07) is 3.28. The van der Waals surface area contributed by atoms with Crippen molar-refractivity contribution in [2.24, 2.45) is 0 Å². The van der Waals surface area contributed by atoms with Crippen LogP contribution in [0, 0.1) is 10.1 Å². The summed E-state index contributed by atoms with van der Waals surface area (Å²) in [6.07, 6.45) is 1.53. The van der Waals surface area contributed by atoms with Gasteiger partial charge in [-0.3, -0.25) is 10.1 Å². The molecule has 0 saturated carbocycles. The predicted molar refractivity (Wildman–Crippen MR) is 90.4 cm³/mol. The Morgan fingerprint density at radius 1 is 1.33 bits per heavy atom. The molecule has 2 saturated heterocycles. The minimum Gasteiger partial charge on any atom is -0.490 e. The molecule has 0 radical (unpaired) electrons. The zero-order valence-electron chi connectivity index (χ0n) is 14.0. The zero-order valence-corrected chi connectivity index (χ0v) is 14.0. The monoisotopic (exact) mass is 334 g/mol. The van der Waals surface area contributed by atoms with E-state index in [0.717, 1.165) is 42.8 Å². The zero-order chi connectivity index (χ0) is 17.3. The van der Waals surface area contributed by atoms with Gasteiger partial charge in [-0.05, 0) is 12.5 Å². The SMILES string of the molecule is C=C(C)c1cc([N+](=O)[O-])c(OC)cc1N1CCC2(CC1)OCCO2. The lowest BCUT2D eigenvalue weighted by molar-refractivity contribution is -0.385. The van der Waals surface area contributed by atoms with Crippen LogP contribution in [0.3, 0.4) is 0 Å². The Bertz CT molecular complexity index is 657. The quantitative estimate of drug-likeness (QED) is 0.622. The molecule has 0 atom stereocenters. The number of methoxy groups -OCH3 is 1. The first-order chi connectivity index (χ1) is 11.5. The van der Waals surface area contributed by atoms with E-state index in [1.807, 2.05) is 6.92 Å². The van der Waals surface area contributed by atoms with E-state index in [-0.39, 0.29) is 11.4 Å². The van der Waals surface area contributed by atoms with Gasteiger partial charge in [-0.2, -0.15) is 0 Å². The summed E-state index contributed by atoms with van der Waals surface area (Å²) >= 11 is 0. The molecule has 2 aliphatic rings. The Morgan fingerprint density at radius 3 is 2.46 bits per heavy atom. The molecule has 2 aliphatic heterocycles. The highest BCUT2D eigenvalue weighted by atomic mass is 16.7. The van der Waals surface area contributed by atoms with Crippen molar-refractivity contribution in [3.8, 4) is 5.75 Å². The number of nitro groups is 1. The molecule has 0 aromatic heterocycles. The summed E-state index contributed by atoms with van der Waals surface area (Å²) in [6.45, 7) is 8.60. The standard InChI is InChI=1S/C17H22N2O5/c1-12(2)13-10-15(19(20)21)16(22-3)11-14(13)18-6-4-17(5-7-18)23-8-9-24-17/h10-11H,1,4-9H2,2-3H3. The maximum absolute atomic E-state index is 11.3. The largest absolute Gasteiger partial charge is 0.490 e. The normalized spacial score (nSPS) is 19.5. The highest BCUT2D eigenvalue weighted by Crippen LogP contribution is 2.40. The van der Waals surface area contributed by atoms with Crippen LogP contribution >= 0.6 is 0 Å². The van der Waals surface area contributed by atoms with Crippen molar-refractivity contribution in [2.75, 3.05) is 38.3 Å². The number of hydrogen-bond donors (Lipinski definition) is 0. The number of rotatable bonds is 4. The molecule has 0 amide bonds. The lowest BCUT2D eigenvalue weighted by Crippen LogP contribution is -2.45. The van der Waals surface area contributed by atoms with Gasteiger partial charge in [0.2, 0.25) is 0 Å². The van der Waals surface area contributed by atoms with Crippen molar-refractivity contribution in [3.05, 3.63) is 34.4 Å². The van der Waals surface area contributed by atoms with Crippen molar-refractivity contribution < 1.29 is 19.1 Å². The molecule has 1 aromatic carbocycles. The lowest BCUT2D eigenvalue weighted by Gasteiger charge is -2.39. The molecular formula is C17H22N2O5. The van der Waals surface area contributed by atoms with E-state index in [2.05, 4.69) is 11.5 Å². The molecule has 24 heavy (non-hydrogen) atoms.